The predicted molar refractivity (Wildman–Crippen MR) is 113 cm³/mol. The predicted octanol–water partition coefficient (Wildman–Crippen LogP) is 2.56. The first-order chi connectivity index (χ1) is 14.0. The molecule has 2 amide bonds. The maximum Gasteiger partial charge on any atom is 0.265 e. The third kappa shape index (κ3) is 4.13. The van der Waals surface area contributed by atoms with Gasteiger partial charge in [0.25, 0.3) is 5.91 Å². The van der Waals surface area contributed by atoms with E-state index in [4.69, 9.17) is 4.74 Å². The zero-order valence-electron chi connectivity index (χ0n) is 16.7. The Morgan fingerprint density at radius 3 is 2.59 bits per heavy atom. The average molecular weight is 394 g/mol. The average Bonchev–Trinajstić information content (AvgIpc) is 2.75. The number of nitrogens with zero attached hydrogens (tertiary/aromatic N) is 2. The number of fused-ring (bicyclic) bond motifs is 1. The van der Waals surface area contributed by atoms with Crippen LogP contribution in [0.3, 0.4) is 0 Å². The van der Waals surface area contributed by atoms with E-state index in [1.165, 1.54) is 5.69 Å². The molecule has 0 spiro atoms. The highest BCUT2D eigenvalue weighted by molar-refractivity contribution is 5.98. The highest BCUT2D eigenvalue weighted by Crippen LogP contribution is 2.32. The van der Waals surface area contributed by atoms with Crippen molar-refractivity contribution >= 4 is 28.9 Å². The molecule has 1 saturated heterocycles. The fourth-order valence-corrected chi connectivity index (χ4v) is 3.71. The molecule has 2 aliphatic rings. The summed E-state index contributed by atoms with van der Waals surface area (Å²) in [5, 5.41) is 6.08. The lowest BCUT2D eigenvalue weighted by molar-refractivity contribution is -0.132. The normalized spacial score (nSPS) is 19.7. The van der Waals surface area contributed by atoms with Gasteiger partial charge >= 0.3 is 0 Å². The van der Waals surface area contributed by atoms with Gasteiger partial charge in [-0.3, -0.25) is 9.59 Å². The summed E-state index contributed by atoms with van der Waals surface area (Å²) >= 11 is 0. The molecule has 1 fully saturated rings. The molecule has 2 atom stereocenters. The van der Waals surface area contributed by atoms with Crippen LogP contribution in [0.4, 0.5) is 17.1 Å². The smallest absolute Gasteiger partial charge is 0.265 e. The van der Waals surface area contributed by atoms with Crippen LogP contribution < -0.4 is 20.3 Å². The van der Waals surface area contributed by atoms with Gasteiger partial charge < -0.3 is 25.2 Å². The highest BCUT2D eigenvalue weighted by atomic mass is 16.5. The number of carbonyl (C=O) groups is 2. The van der Waals surface area contributed by atoms with Crippen LogP contribution in [0.1, 0.15) is 13.8 Å². The quantitative estimate of drug-likeness (QED) is 0.834. The first-order valence-corrected chi connectivity index (χ1v) is 9.98. The third-order valence-electron chi connectivity index (χ3n) is 5.38. The van der Waals surface area contributed by atoms with Gasteiger partial charge in [0.2, 0.25) is 5.91 Å². The summed E-state index contributed by atoms with van der Waals surface area (Å²) in [6, 6.07) is 15.4. The monoisotopic (exact) mass is 394 g/mol. The lowest BCUT2D eigenvalue weighted by Crippen LogP contribution is -2.52. The van der Waals surface area contributed by atoms with E-state index in [9.17, 15) is 9.59 Å². The molecule has 2 aromatic carbocycles. The summed E-state index contributed by atoms with van der Waals surface area (Å²) < 4.78 is 5.57. The molecule has 0 saturated carbocycles. The van der Waals surface area contributed by atoms with Crippen molar-refractivity contribution in [2.75, 3.05) is 41.7 Å². The maximum atomic E-state index is 12.9. The largest absolute Gasteiger partial charge is 0.479 e. The third-order valence-corrected chi connectivity index (χ3v) is 5.38. The van der Waals surface area contributed by atoms with Gasteiger partial charge in [0, 0.05) is 37.6 Å². The van der Waals surface area contributed by atoms with Crippen molar-refractivity contribution in [3.05, 3.63) is 48.5 Å². The van der Waals surface area contributed by atoms with Crippen LogP contribution in [0.5, 0.6) is 5.75 Å². The molecule has 2 heterocycles. The van der Waals surface area contributed by atoms with Gasteiger partial charge in [-0.15, -0.1) is 0 Å². The van der Waals surface area contributed by atoms with E-state index < -0.39 is 6.10 Å². The van der Waals surface area contributed by atoms with Crippen LogP contribution in [-0.4, -0.2) is 55.0 Å². The Kier molecular flexibility index (Phi) is 5.29. The molecule has 4 rings (SSSR count). The van der Waals surface area contributed by atoms with E-state index in [1.807, 2.05) is 42.2 Å². The van der Waals surface area contributed by atoms with Gasteiger partial charge in [-0.05, 0) is 44.2 Å². The number of benzene rings is 2. The summed E-state index contributed by atoms with van der Waals surface area (Å²) in [5.74, 6) is 0.540. The van der Waals surface area contributed by atoms with E-state index in [2.05, 4.69) is 27.7 Å². The second-order valence-electron chi connectivity index (χ2n) is 7.47. The fourth-order valence-electron chi connectivity index (χ4n) is 3.71. The standard InChI is InChI=1S/C22H26N4O3/c1-15(23-17-8-9-20-19(14-17)24-21(27)16(2)29-20)22(28)26-12-10-25(11-13-26)18-6-4-3-5-7-18/h3-9,14-16,23H,10-13H2,1-2H3,(H,24,27)/t15-,16+/m1/s1. The fraction of sp³-hybridized carbons (Fsp3) is 0.364. The molecule has 2 N–H and O–H groups in total. The van der Waals surface area contributed by atoms with E-state index in [0.717, 1.165) is 18.8 Å². The molecule has 2 aliphatic heterocycles. The molecule has 29 heavy (non-hydrogen) atoms. The molecule has 0 radical (unpaired) electrons. The zero-order chi connectivity index (χ0) is 20.4. The van der Waals surface area contributed by atoms with Crippen LogP contribution in [0.15, 0.2) is 48.5 Å². The molecule has 7 nitrogen and oxygen atoms in total. The number of ether oxygens (including phenoxy) is 1. The van der Waals surface area contributed by atoms with Gasteiger partial charge in [-0.25, -0.2) is 0 Å². The molecule has 0 bridgehead atoms. The van der Waals surface area contributed by atoms with Gasteiger partial charge in [-0.2, -0.15) is 0 Å². The Labute approximate surface area is 170 Å². The van der Waals surface area contributed by atoms with Crippen LogP contribution in [-0.2, 0) is 9.59 Å². The van der Waals surface area contributed by atoms with Crippen molar-refractivity contribution in [1.82, 2.24) is 4.90 Å². The van der Waals surface area contributed by atoms with Crippen molar-refractivity contribution in [2.24, 2.45) is 0 Å². The van der Waals surface area contributed by atoms with E-state index in [1.54, 1.807) is 13.0 Å². The minimum Gasteiger partial charge on any atom is -0.479 e. The Balaban J connectivity index is 1.34. The van der Waals surface area contributed by atoms with Gasteiger partial charge in [0.15, 0.2) is 6.10 Å². The first-order valence-electron chi connectivity index (χ1n) is 9.98. The Hall–Kier alpha value is -3.22. The van der Waals surface area contributed by atoms with Crippen LogP contribution in [0, 0.1) is 0 Å². The number of rotatable bonds is 4. The van der Waals surface area contributed by atoms with E-state index >= 15 is 0 Å². The molecule has 0 aliphatic carbocycles. The number of hydrogen-bond donors (Lipinski definition) is 2. The molecule has 2 aromatic rings. The van der Waals surface area contributed by atoms with Crippen LogP contribution in [0.2, 0.25) is 0 Å². The Morgan fingerprint density at radius 1 is 1.14 bits per heavy atom. The molecule has 152 valence electrons. The molecule has 7 heteroatoms. The number of anilines is 3. The number of carbonyl (C=O) groups excluding carboxylic acids is 2. The van der Waals surface area contributed by atoms with Crippen molar-refractivity contribution in [2.45, 2.75) is 26.0 Å². The zero-order valence-corrected chi connectivity index (χ0v) is 16.7. The van der Waals surface area contributed by atoms with Crippen molar-refractivity contribution < 1.29 is 14.3 Å². The molecular formula is C22H26N4O3. The number of piperazine rings is 1. The summed E-state index contributed by atoms with van der Waals surface area (Å²) in [6.45, 7) is 6.62. The number of nitrogens with one attached hydrogen (secondary N) is 2. The SMILES string of the molecule is C[C@@H]1Oc2ccc(N[C@H](C)C(=O)N3CCN(c4ccccc4)CC3)cc2NC1=O. The van der Waals surface area contributed by atoms with Crippen LogP contribution in [0.25, 0.3) is 0 Å². The van der Waals surface area contributed by atoms with E-state index in [0.29, 0.717) is 24.5 Å². The Morgan fingerprint density at radius 2 is 1.86 bits per heavy atom. The summed E-state index contributed by atoms with van der Waals surface area (Å²) in [6.07, 6.45) is -0.503. The van der Waals surface area contributed by atoms with Crippen molar-refractivity contribution in [3.63, 3.8) is 0 Å². The van der Waals surface area contributed by atoms with Crippen molar-refractivity contribution in [1.29, 1.82) is 0 Å². The number of hydrogen-bond acceptors (Lipinski definition) is 5. The highest BCUT2D eigenvalue weighted by Gasteiger charge is 2.26. The summed E-state index contributed by atoms with van der Waals surface area (Å²) in [5.41, 5.74) is 2.58. The van der Waals surface area contributed by atoms with E-state index in [-0.39, 0.29) is 17.9 Å². The van der Waals surface area contributed by atoms with Gasteiger partial charge in [0.1, 0.15) is 11.8 Å². The molecule has 0 aromatic heterocycles. The molecular weight excluding hydrogens is 368 g/mol. The maximum absolute atomic E-state index is 12.9. The van der Waals surface area contributed by atoms with Crippen LogP contribution >= 0.6 is 0 Å². The summed E-state index contributed by atoms with van der Waals surface area (Å²) in [7, 11) is 0. The lowest BCUT2D eigenvalue weighted by atomic mass is 10.1. The van der Waals surface area contributed by atoms with Gasteiger partial charge in [-0.1, -0.05) is 18.2 Å². The van der Waals surface area contributed by atoms with Gasteiger partial charge in [0.05, 0.1) is 5.69 Å². The number of para-hydroxylation sites is 1. The number of amides is 2. The molecule has 0 unspecified atom stereocenters. The summed E-state index contributed by atoms with van der Waals surface area (Å²) in [4.78, 5) is 28.9. The second kappa shape index (κ2) is 8.03. The lowest BCUT2D eigenvalue weighted by Gasteiger charge is -2.37. The minimum atomic E-state index is -0.503. The topological polar surface area (TPSA) is 73.9 Å². The second-order valence-corrected chi connectivity index (χ2v) is 7.47. The first kappa shape index (κ1) is 19.1. The van der Waals surface area contributed by atoms with Crippen molar-refractivity contribution in [3.8, 4) is 5.75 Å². The minimum absolute atomic E-state index is 0.0735. The Bertz CT molecular complexity index is 894.